The lowest BCUT2D eigenvalue weighted by Gasteiger charge is -2.18. The van der Waals surface area contributed by atoms with E-state index in [9.17, 15) is 14.0 Å². The van der Waals surface area contributed by atoms with Crippen molar-refractivity contribution in [2.24, 2.45) is 0 Å². The van der Waals surface area contributed by atoms with Crippen LogP contribution in [0.2, 0.25) is 0 Å². The number of benzene rings is 3. The van der Waals surface area contributed by atoms with E-state index in [-0.39, 0.29) is 5.56 Å². The first-order valence-electron chi connectivity index (χ1n) is 9.08. The normalized spacial score (nSPS) is 10.3. The third kappa shape index (κ3) is 5.09. The number of amides is 3. The molecular weight excluding hydrogens is 403 g/mol. The lowest BCUT2D eigenvalue weighted by Crippen LogP contribution is -2.26. The van der Waals surface area contributed by atoms with E-state index in [1.165, 1.54) is 18.2 Å². The number of rotatable bonds is 5. The number of nitrogens with one attached hydrogen (secondary N) is 2. The van der Waals surface area contributed by atoms with E-state index in [0.717, 1.165) is 9.99 Å². The second kappa shape index (κ2) is 9.32. The first-order valence-corrected chi connectivity index (χ1v) is 9.48. The molecule has 2 N–H and O–H groups in total. The minimum absolute atomic E-state index is 0.0447. The van der Waals surface area contributed by atoms with Crippen molar-refractivity contribution in [2.45, 2.75) is 0 Å². The average Bonchev–Trinajstić information content (AvgIpc) is 2.74. The molecule has 0 fully saturated rings. The molecule has 0 aliphatic carbocycles. The van der Waals surface area contributed by atoms with Crippen molar-refractivity contribution in [1.82, 2.24) is 0 Å². The molecule has 0 radical (unpaired) electrons. The van der Waals surface area contributed by atoms with E-state index in [1.54, 1.807) is 36.4 Å². The number of anilines is 4. The molecule has 0 saturated heterocycles. The molecule has 0 aliphatic rings. The first-order chi connectivity index (χ1) is 14.3. The van der Waals surface area contributed by atoms with Crippen molar-refractivity contribution in [1.29, 1.82) is 0 Å². The van der Waals surface area contributed by atoms with Gasteiger partial charge in [-0.2, -0.15) is 0 Å². The molecule has 0 bridgehead atoms. The highest BCUT2D eigenvalue weighted by atomic mass is 32.1. The summed E-state index contributed by atoms with van der Waals surface area (Å²) in [6, 6.07) is 19.2. The van der Waals surface area contributed by atoms with Crippen LogP contribution in [0.1, 0.15) is 10.4 Å². The highest BCUT2D eigenvalue weighted by Gasteiger charge is 2.14. The van der Waals surface area contributed by atoms with Crippen molar-refractivity contribution < 1.29 is 14.0 Å². The molecule has 0 heterocycles. The maximum absolute atomic E-state index is 13.7. The fraction of sp³-hybridized carbons (Fsp3) is 0.0909. The highest BCUT2D eigenvalue weighted by molar-refractivity contribution is 7.82. The zero-order valence-corrected chi connectivity index (χ0v) is 17.4. The smallest absolute Gasteiger partial charge is 0.336 e. The average molecular weight is 425 g/mol. The summed E-state index contributed by atoms with van der Waals surface area (Å²) in [5, 5.41) is 5.41. The van der Waals surface area contributed by atoms with E-state index in [1.807, 2.05) is 37.2 Å². The molecular formula is C22H21FN4O2S. The van der Waals surface area contributed by atoms with E-state index < -0.39 is 17.8 Å². The molecule has 0 spiro atoms. The molecule has 30 heavy (non-hydrogen) atoms. The molecule has 3 aromatic rings. The van der Waals surface area contributed by atoms with Crippen LogP contribution in [-0.4, -0.2) is 26.0 Å². The highest BCUT2D eigenvalue weighted by Crippen LogP contribution is 2.23. The van der Waals surface area contributed by atoms with Gasteiger partial charge in [-0.1, -0.05) is 31.0 Å². The fourth-order valence-corrected chi connectivity index (χ4v) is 2.87. The van der Waals surface area contributed by atoms with Gasteiger partial charge in [0.15, 0.2) is 0 Å². The van der Waals surface area contributed by atoms with Gasteiger partial charge < -0.3 is 15.5 Å². The molecule has 154 valence electrons. The van der Waals surface area contributed by atoms with Gasteiger partial charge in [0.25, 0.3) is 5.91 Å². The number of urea groups is 1. The van der Waals surface area contributed by atoms with E-state index in [2.05, 4.69) is 23.4 Å². The van der Waals surface area contributed by atoms with Gasteiger partial charge in [-0.25, -0.2) is 13.5 Å². The molecule has 8 heteroatoms. The van der Waals surface area contributed by atoms with Gasteiger partial charge in [0.05, 0.1) is 11.3 Å². The summed E-state index contributed by atoms with van der Waals surface area (Å²) in [7, 11) is 3.83. The Morgan fingerprint density at radius 3 is 2.20 bits per heavy atom. The quantitative estimate of drug-likeness (QED) is 0.504. The van der Waals surface area contributed by atoms with E-state index in [4.69, 9.17) is 0 Å². The van der Waals surface area contributed by atoms with Gasteiger partial charge in [-0.3, -0.25) is 4.79 Å². The predicted molar refractivity (Wildman–Crippen MR) is 122 cm³/mol. The lowest BCUT2D eigenvalue weighted by atomic mass is 10.2. The Morgan fingerprint density at radius 1 is 0.833 bits per heavy atom. The maximum atomic E-state index is 13.7. The Hall–Kier alpha value is -3.52. The van der Waals surface area contributed by atoms with Crippen LogP contribution in [0.4, 0.5) is 31.9 Å². The zero-order chi connectivity index (χ0) is 21.7. The summed E-state index contributed by atoms with van der Waals surface area (Å²) in [5.74, 6) is -1.15. The number of hydrogen-bond acceptors (Lipinski definition) is 4. The Balaban J connectivity index is 1.65. The third-order valence-corrected chi connectivity index (χ3v) is 4.71. The van der Waals surface area contributed by atoms with Crippen LogP contribution in [0.3, 0.4) is 0 Å². The number of carbonyl (C=O) groups excluding carboxylic acids is 2. The second-order valence-corrected chi connectivity index (χ2v) is 7.07. The molecule has 3 aromatic carbocycles. The van der Waals surface area contributed by atoms with Crippen molar-refractivity contribution in [3.63, 3.8) is 0 Å². The van der Waals surface area contributed by atoms with Crippen LogP contribution in [0.15, 0.2) is 72.8 Å². The van der Waals surface area contributed by atoms with Crippen LogP contribution in [0, 0.1) is 5.82 Å². The van der Waals surface area contributed by atoms with Crippen LogP contribution < -0.4 is 19.8 Å². The summed E-state index contributed by atoms with van der Waals surface area (Å²) in [5.41, 5.74) is 2.51. The molecule has 0 atom stereocenters. The Kier molecular flexibility index (Phi) is 6.58. The third-order valence-electron chi connectivity index (χ3n) is 4.29. The topological polar surface area (TPSA) is 64.7 Å². The Labute approximate surface area is 179 Å². The monoisotopic (exact) mass is 424 g/mol. The first kappa shape index (κ1) is 21.2. The number of hydrogen-bond donors (Lipinski definition) is 3. The molecule has 0 unspecified atom stereocenters. The standard InChI is InChI=1S/C22H21FN4O2S/c1-26(2)18-7-5-6-16(14-18)25-22(29)27(30)17-12-10-15(11-13-17)24-21(28)19-8-3-4-9-20(19)23/h3-14,30H,1-2H3,(H,24,28)(H,25,29). The Bertz CT molecular complexity index is 1060. The number of carbonyl (C=O) groups is 2. The molecule has 3 amide bonds. The number of halogens is 1. The predicted octanol–water partition coefficient (Wildman–Crippen LogP) is 5.03. The largest absolute Gasteiger partial charge is 0.378 e. The van der Waals surface area contributed by atoms with Crippen molar-refractivity contribution in [2.75, 3.05) is 33.9 Å². The van der Waals surface area contributed by atoms with Gasteiger partial charge in [-0.15, -0.1) is 0 Å². The van der Waals surface area contributed by atoms with Crippen molar-refractivity contribution >= 4 is 47.5 Å². The maximum Gasteiger partial charge on any atom is 0.336 e. The minimum Gasteiger partial charge on any atom is -0.378 e. The Morgan fingerprint density at radius 2 is 1.53 bits per heavy atom. The van der Waals surface area contributed by atoms with Crippen LogP contribution in [0.25, 0.3) is 0 Å². The van der Waals surface area contributed by atoms with Gasteiger partial charge in [0.2, 0.25) is 0 Å². The molecule has 0 aromatic heterocycles. The van der Waals surface area contributed by atoms with Crippen LogP contribution in [-0.2, 0) is 0 Å². The number of thiol groups is 1. The van der Waals surface area contributed by atoms with E-state index in [0.29, 0.717) is 17.1 Å². The van der Waals surface area contributed by atoms with Gasteiger partial charge >= 0.3 is 6.03 Å². The van der Waals surface area contributed by atoms with Gasteiger partial charge in [-0.05, 0) is 54.6 Å². The summed E-state index contributed by atoms with van der Waals surface area (Å²) < 4.78 is 14.9. The molecule has 3 rings (SSSR count). The van der Waals surface area contributed by atoms with Crippen molar-refractivity contribution in [3.8, 4) is 0 Å². The SMILES string of the molecule is CN(C)c1cccc(NC(=O)N(S)c2ccc(NC(=O)c3ccccc3F)cc2)c1. The fourth-order valence-electron chi connectivity index (χ4n) is 2.69. The number of nitrogens with zero attached hydrogens (tertiary/aromatic N) is 2. The van der Waals surface area contributed by atoms with Gasteiger partial charge in [0, 0.05) is 31.2 Å². The summed E-state index contributed by atoms with van der Waals surface area (Å²) >= 11 is 4.26. The summed E-state index contributed by atoms with van der Waals surface area (Å²) in [6.45, 7) is 0. The summed E-state index contributed by atoms with van der Waals surface area (Å²) in [4.78, 5) is 26.6. The summed E-state index contributed by atoms with van der Waals surface area (Å²) in [6.07, 6.45) is 0. The molecule has 0 aliphatic heterocycles. The molecule has 0 saturated carbocycles. The minimum atomic E-state index is -0.594. The van der Waals surface area contributed by atoms with Crippen LogP contribution >= 0.6 is 12.8 Å². The van der Waals surface area contributed by atoms with Gasteiger partial charge in [0.1, 0.15) is 5.82 Å². The van der Waals surface area contributed by atoms with Crippen LogP contribution in [0.5, 0.6) is 0 Å². The molecule has 6 nitrogen and oxygen atoms in total. The zero-order valence-electron chi connectivity index (χ0n) is 16.5. The lowest BCUT2D eigenvalue weighted by molar-refractivity contribution is 0.102. The second-order valence-electron chi connectivity index (χ2n) is 6.67. The van der Waals surface area contributed by atoms with E-state index >= 15 is 0 Å². The van der Waals surface area contributed by atoms with Crippen molar-refractivity contribution in [3.05, 3.63) is 84.2 Å².